The van der Waals surface area contributed by atoms with Gasteiger partial charge in [0.1, 0.15) is 11.5 Å². The molecule has 0 amide bonds. The Morgan fingerprint density at radius 1 is 0.625 bits per heavy atom. The molecule has 188 valence electrons. The van der Waals surface area contributed by atoms with Gasteiger partial charge in [-0.3, -0.25) is 19.6 Å². The van der Waals surface area contributed by atoms with Gasteiger partial charge in [0.25, 0.3) is 0 Å². The lowest BCUT2D eigenvalue weighted by Crippen LogP contribution is -2.47. The standard InChI is InChI=1S/C22H42O8P2/c1-11-21(12-2)15(19(5,6)7)18(30-32(26,27)28)22(13-3,14-4)16(20(8,9)10)17(21)29-31(23,24)25/h11-14H2,1-10H3,(H2,23,24,25)(H2,26,27,28). The third-order valence-corrected chi connectivity index (χ3v) is 7.46. The number of hydrogen-bond acceptors (Lipinski definition) is 4. The van der Waals surface area contributed by atoms with E-state index in [0.29, 0.717) is 36.8 Å². The van der Waals surface area contributed by atoms with Gasteiger partial charge >= 0.3 is 15.6 Å². The molecule has 1 rings (SSSR count). The molecule has 8 nitrogen and oxygen atoms in total. The first-order chi connectivity index (χ1) is 14.2. The van der Waals surface area contributed by atoms with E-state index in [9.17, 15) is 28.7 Å². The van der Waals surface area contributed by atoms with Gasteiger partial charge in [-0.05, 0) is 47.7 Å². The highest BCUT2D eigenvalue weighted by Crippen LogP contribution is 2.68. The Morgan fingerprint density at radius 3 is 0.969 bits per heavy atom. The highest BCUT2D eigenvalue weighted by Gasteiger charge is 2.59. The molecule has 0 saturated carbocycles. The predicted octanol–water partition coefficient (Wildman–Crippen LogP) is 6.43. The van der Waals surface area contributed by atoms with Crippen LogP contribution in [0.1, 0.15) is 94.9 Å². The highest BCUT2D eigenvalue weighted by molar-refractivity contribution is 7.46. The summed E-state index contributed by atoms with van der Waals surface area (Å²) in [4.78, 5) is 39.7. The Balaban J connectivity index is 4.51. The van der Waals surface area contributed by atoms with Crippen molar-refractivity contribution in [3.8, 4) is 0 Å². The highest BCUT2D eigenvalue weighted by atomic mass is 31.2. The van der Waals surface area contributed by atoms with E-state index in [1.165, 1.54) is 0 Å². The lowest BCUT2D eigenvalue weighted by Gasteiger charge is -2.55. The van der Waals surface area contributed by atoms with Crippen LogP contribution in [0.3, 0.4) is 0 Å². The second kappa shape index (κ2) is 9.20. The topological polar surface area (TPSA) is 134 Å². The van der Waals surface area contributed by atoms with Crippen molar-refractivity contribution in [3.63, 3.8) is 0 Å². The zero-order valence-corrected chi connectivity index (χ0v) is 22.9. The van der Waals surface area contributed by atoms with Crippen LogP contribution in [0, 0.1) is 21.7 Å². The molecule has 0 aromatic rings. The summed E-state index contributed by atoms with van der Waals surface area (Å²) in [6.45, 7) is 19.0. The van der Waals surface area contributed by atoms with Crippen LogP contribution < -0.4 is 0 Å². The summed E-state index contributed by atoms with van der Waals surface area (Å²) in [5, 5.41) is 0. The van der Waals surface area contributed by atoms with Crippen molar-refractivity contribution in [3.05, 3.63) is 22.7 Å². The van der Waals surface area contributed by atoms with Crippen molar-refractivity contribution < 1.29 is 37.8 Å². The first-order valence-electron chi connectivity index (χ1n) is 11.2. The average Bonchev–Trinajstić information content (AvgIpc) is 2.57. The first kappa shape index (κ1) is 29.4. The van der Waals surface area contributed by atoms with Crippen LogP contribution in [0.4, 0.5) is 0 Å². The van der Waals surface area contributed by atoms with Gasteiger partial charge in [0.15, 0.2) is 0 Å². The SMILES string of the molecule is CCC1(CC)C(OP(=O)(O)O)=C(C(C)(C)C)C(CC)(CC)C(OP(=O)(O)O)=C1C(C)(C)C. The lowest BCUT2D eigenvalue weighted by atomic mass is 9.51. The minimum Gasteiger partial charge on any atom is -0.408 e. The molecule has 32 heavy (non-hydrogen) atoms. The third-order valence-electron chi connectivity index (χ3n) is 6.62. The van der Waals surface area contributed by atoms with Gasteiger partial charge in [0.05, 0.1) is 10.8 Å². The fourth-order valence-corrected chi connectivity index (χ4v) is 6.62. The van der Waals surface area contributed by atoms with E-state index in [2.05, 4.69) is 0 Å². The van der Waals surface area contributed by atoms with E-state index in [1.54, 1.807) is 0 Å². The molecular weight excluding hydrogens is 454 g/mol. The van der Waals surface area contributed by atoms with Crippen LogP contribution in [-0.4, -0.2) is 19.6 Å². The molecule has 0 unspecified atom stereocenters. The molecule has 0 aliphatic heterocycles. The van der Waals surface area contributed by atoms with Crippen LogP contribution >= 0.6 is 15.6 Å². The molecule has 0 heterocycles. The normalized spacial score (nSPS) is 19.9. The molecule has 0 spiro atoms. The van der Waals surface area contributed by atoms with Crippen molar-refractivity contribution in [2.45, 2.75) is 94.9 Å². The van der Waals surface area contributed by atoms with E-state index in [1.807, 2.05) is 69.2 Å². The third kappa shape index (κ3) is 5.54. The van der Waals surface area contributed by atoms with Gasteiger partial charge in [-0.25, -0.2) is 9.13 Å². The molecule has 0 bridgehead atoms. The Bertz CT molecular complexity index is 781. The molecular formula is C22H42O8P2. The van der Waals surface area contributed by atoms with Gasteiger partial charge in [-0.15, -0.1) is 0 Å². The Morgan fingerprint density at radius 2 is 0.844 bits per heavy atom. The maximum atomic E-state index is 12.2. The largest absolute Gasteiger partial charge is 0.524 e. The molecule has 0 radical (unpaired) electrons. The fraction of sp³-hybridized carbons (Fsp3) is 0.818. The maximum absolute atomic E-state index is 12.2. The maximum Gasteiger partial charge on any atom is 0.524 e. The van der Waals surface area contributed by atoms with Crippen molar-refractivity contribution in [1.82, 2.24) is 0 Å². The average molecular weight is 497 g/mol. The monoisotopic (exact) mass is 496 g/mol. The van der Waals surface area contributed by atoms with Gasteiger partial charge < -0.3 is 9.05 Å². The summed E-state index contributed by atoms with van der Waals surface area (Å²) in [6, 6.07) is 0. The summed E-state index contributed by atoms with van der Waals surface area (Å²) in [5.41, 5.74) is -2.09. The Hall–Kier alpha value is -0.620. The van der Waals surface area contributed by atoms with Crippen LogP contribution in [0.15, 0.2) is 22.7 Å². The van der Waals surface area contributed by atoms with Crippen molar-refractivity contribution in [1.29, 1.82) is 0 Å². The van der Waals surface area contributed by atoms with Gasteiger partial charge in [-0.1, -0.05) is 69.2 Å². The molecule has 0 atom stereocenters. The zero-order valence-electron chi connectivity index (χ0n) is 21.1. The van der Waals surface area contributed by atoms with E-state index in [4.69, 9.17) is 9.05 Å². The summed E-state index contributed by atoms with van der Waals surface area (Å²) >= 11 is 0. The lowest BCUT2D eigenvalue weighted by molar-refractivity contribution is 0.0951. The molecule has 0 aromatic carbocycles. The predicted molar refractivity (Wildman–Crippen MR) is 125 cm³/mol. The smallest absolute Gasteiger partial charge is 0.408 e. The summed E-state index contributed by atoms with van der Waals surface area (Å²) in [7, 11) is -9.88. The molecule has 0 saturated heterocycles. The Labute approximate surface area is 193 Å². The molecule has 4 N–H and O–H groups in total. The van der Waals surface area contributed by atoms with Crippen LogP contribution in [0.5, 0.6) is 0 Å². The van der Waals surface area contributed by atoms with Crippen LogP contribution in [0.25, 0.3) is 0 Å². The first-order valence-corrected chi connectivity index (χ1v) is 14.2. The van der Waals surface area contributed by atoms with Crippen molar-refractivity contribution >= 4 is 15.6 Å². The van der Waals surface area contributed by atoms with Crippen molar-refractivity contribution in [2.75, 3.05) is 0 Å². The molecule has 1 aliphatic carbocycles. The van der Waals surface area contributed by atoms with Gasteiger partial charge in [-0.2, -0.15) is 0 Å². The van der Waals surface area contributed by atoms with E-state index in [0.717, 1.165) is 0 Å². The van der Waals surface area contributed by atoms with Gasteiger partial charge in [0.2, 0.25) is 0 Å². The zero-order chi connectivity index (χ0) is 25.6. The number of allylic oxidation sites excluding steroid dienone is 2. The van der Waals surface area contributed by atoms with E-state index >= 15 is 0 Å². The number of hydrogen-bond donors (Lipinski definition) is 4. The van der Waals surface area contributed by atoms with E-state index < -0.39 is 37.3 Å². The number of phosphoric acid groups is 2. The Kier molecular flexibility index (Phi) is 8.46. The van der Waals surface area contributed by atoms with Crippen LogP contribution in [0.2, 0.25) is 0 Å². The quantitative estimate of drug-likeness (QED) is 0.282. The molecule has 1 aliphatic rings. The minimum atomic E-state index is -4.94. The minimum absolute atomic E-state index is 0.204. The number of rotatable bonds is 8. The molecule has 0 fully saturated rings. The second-order valence-corrected chi connectivity index (χ2v) is 13.0. The number of phosphoric ester groups is 2. The van der Waals surface area contributed by atoms with Gasteiger partial charge in [0, 0.05) is 0 Å². The second-order valence-electron chi connectivity index (χ2n) is 10.7. The molecule has 10 heteroatoms. The summed E-state index contributed by atoms with van der Waals surface area (Å²) in [6.07, 6.45) is 1.62. The van der Waals surface area contributed by atoms with Crippen molar-refractivity contribution in [2.24, 2.45) is 21.7 Å². The summed E-state index contributed by atoms with van der Waals surface area (Å²) < 4.78 is 35.5. The fourth-order valence-electron chi connectivity index (χ4n) is 5.61. The summed E-state index contributed by atoms with van der Waals surface area (Å²) in [5.74, 6) is 0.407. The van der Waals surface area contributed by atoms with E-state index in [-0.39, 0.29) is 11.5 Å². The molecule has 0 aromatic heterocycles. The van der Waals surface area contributed by atoms with Crippen LogP contribution in [-0.2, 0) is 18.2 Å².